The molecule has 0 saturated carbocycles. The lowest BCUT2D eigenvalue weighted by molar-refractivity contribution is -0.377. The van der Waals surface area contributed by atoms with Gasteiger partial charge in [0.05, 0.1) is 5.56 Å². The molecule has 0 spiro atoms. The lowest BCUT2D eigenvalue weighted by Crippen LogP contribution is -2.35. The monoisotopic (exact) mass is 377 g/mol. The van der Waals surface area contributed by atoms with Gasteiger partial charge >= 0.3 is 26.2 Å². The molecule has 2 unspecified atom stereocenters. The SMILES string of the molecule is CC(=O)ON(C)/C(N)=N/P(=O)(O)OOC(O)OC(=O)c1ccccc1. The second-order valence-electron chi connectivity index (χ2n) is 4.28. The summed E-state index contributed by atoms with van der Waals surface area (Å²) in [6.45, 7) is -1.24. The number of nitrogens with two attached hydrogens (primary N) is 1. The maximum absolute atomic E-state index is 11.6. The van der Waals surface area contributed by atoms with E-state index in [2.05, 4.69) is 23.9 Å². The Hall–Kier alpha value is -2.50. The quantitative estimate of drug-likeness (QED) is 0.115. The summed E-state index contributed by atoms with van der Waals surface area (Å²) in [5.41, 5.74) is 5.40. The van der Waals surface area contributed by atoms with Gasteiger partial charge in [0.1, 0.15) is 0 Å². The Morgan fingerprint density at radius 2 is 1.92 bits per heavy atom. The summed E-state index contributed by atoms with van der Waals surface area (Å²) in [4.78, 5) is 40.3. The number of hydroxylamine groups is 2. The third-order valence-electron chi connectivity index (χ3n) is 2.26. The average molecular weight is 377 g/mol. The lowest BCUT2D eigenvalue weighted by atomic mass is 10.2. The van der Waals surface area contributed by atoms with Crippen molar-refractivity contribution < 1.29 is 43.3 Å². The van der Waals surface area contributed by atoms with Gasteiger partial charge in [-0.25, -0.2) is 9.36 Å². The number of ether oxygens (including phenoxy) is 1. The van der Waals surface area contributed by atoms with Gasteiger partial charge in [0.2, 0.25) is 5.96 Å². The maximum atomic E-state index is 11.6. The molecule has 0 radical (unpaired) electrons. The molecule has 1 aromatic rings. The van der Waals surface area contributed by atoms with Crippen LogP contribution >= 0.6 is 7.75 Å². The predicted octanol–water partition coefficient (Wildman–Crippen LogP) is -0.108. The minimum Gasteiger partial charge on any atom is -0.405 e. The third kappa shape index (κ3) is 7.74. The molecule has 0 aliphatic heterocycles. The first-order chi connectivity index (χ1) is 11.6. The third-order valence-corrected chi connectivity index (χ3v) is 2.99. The van der Waals surface area contributed by atoms with Gasteiger partial charge in [-0.2, -0.15) is 9.95 Å². The van der Waals surface area contributed by atoms with E-state index in [-0.39, 0.29) is 5.56 Å². The highest BCUT2D eigenvalue weighted by Gasteiger charge is 2.26. The van der Waals surface area contributed by atoms with Gasteiger partial charge in [-0.3, -0.25) is 4.79 Å². The van der Waals surface area contributed by atoms with Gasteiger partial charge < -0.3 is 25.3 Å². The molecule has 12 nitrogen and oxygen atoms in total. The molecular weight excluding hydrogens is 361 g/mol. The van der Waals surface area contributed by atoms with Crippen LogP contribution in [-0.2, 0) is 28.5 Å². The van der Waals surface area contributed by atoms with Crippen LogP contribution in [0.15, 0.2) is 35.1 Å². The molecule has 0 fully saturated rings. The summed E-state index contributed by atoms with van der Waals surface area (Å²) >= 11 is 0. The Morgan fingerprint density at radius 1 is 1.32 bits per heavy atom. The zero-order valence-corrected chi connectivity index (χ0v) is 14.0. The first-order valence-corrected chi connectivity index (χ1v) is 8.03. The molecule has 0 saturated heterocycles. The Kier molecular flexibility index (Phi) is 7.48. The van der Waals surface area contributed by atoms with E-state index in [0.717, 1.165) is 14.0 Å². The average Bonchev–Trinajstić information content (AvgIpc) is 2.53. The van der Waals surface area contributed by atoms with Crippen molar-refractivity contribution in [3.63, 3.8) is 0 Å². The molecular formula is C12H16N3O9P. The van der Waals surface area contributed by atoms with Crippen LogP contribution in [0.5, 0.6) is 0 Å². The van der Waals surface area contributed by atoms with Crippen LogP contribution in [0.25, 0.3) is 0 Å². The molecule has 0 bridgehead atoms. The van der Waals surface area contributed by atoms with Crippen LogP contribution in [0.2, 0.25) is 0 Å². The Bertz CT molecular complexity index is 682. The molecule has 0 aliphatic carbocycles. The van der Waals surface area contributed by atoms with Crippen molar-refractivity contribution in [3.05, 3.63) is 35.9 Å². The van der Waals surface area contributed by atoms with Crippen molar-refractivity contribution in [1.29, 1.82) is 0 Å². The second-order valence-corrected chi connectivity index (χ2v) is 5.61. The Morgan fingerprint density at radius 3 is 2.48 bits per heavy atom. The minimum atomic E-state index is -4.86. The van der Waals surface area contributed by atoms with Crippen molar-refractivity contribution in [2.24, 2.45) is 10.5 Å². The van der Waals surface area contributed by atoms with Crippen LogP contribution in [-0.4, -0.2) is 46.5 Å². The molecule has 0 aliphatic rings. The number of aliphatic hydroxyl groups excluding tert-OH is 1. The number of rotatable bonds is 6. The molecule has 25 heavy (non-hydrogen) atoms. The standard InChI is InChI=1S/C12H16N3O9P/c1-8(16)22-15(2)11(13)14-25(19,20)24-23-12(18)21-10(17)9-6-4-3-5-7-9/h3-7,12,18H,1-2H3,(H3,13,14,19,20). The zero-order valence-electron chi connectivity index (χ0n) is 13.1. The van der Waals surface area contributed by atoms with Crippen LogP contribution in [0.1, 0.15) is 17.3 Å². The van der Waals surface area contributed by atoms with Crippen LogP contribution < -0.4 is 5.73 Å². The molecule has 0 heterocycles. The number of benzene rings is 1. The van der Waals surface area contributed by atoms with E-state index < -0.39 is 32.1 Å². The van der Waals surface area contributed by atoms with Crippen LogP contribution in [0, 0.1) is 0 Å². The first-order valence-electron chi connectivity index (χ1n) is 6.50. The molecule has 138 valence electrons. The van der Waals surface area contributed by atoms with E-state index in [0.29, 0.717) is 5.06 Å². The highest BCUT2D eigenvalue weighted by Crippen LogP contribution is 2.44. The van der Waals surface area contributed by atoms with Gasteiger partial charge in [-0.15, -0.1) is 9.44 Å². The van der Waals surface area contributed by atoms with Gasteiger partial charge in [0, 0.05) is 14.0 Å². The molecule has 1 rings (SSSR count). The van der Waals surface area contributed by atoms with Crippen LogP contribution in [0.3, 0.4) is 0 Å². The van der Waals surface area contributed by atoms with E-state index >= 15 is 0 Å². The number of nitrogens with zero attached hydrogens (tertiary/aromatic N) is 2. The van der Waals surface area contributed by atoms with Crippen molar-refractivity contribution in [1.82, 2.24) is 5.06 Å². The summed E-state index contributed by atoms with van der Waals surface area (Å²) in [7, 11) is -3.72. The fourth-order valence-electron chi connectivity index (χ4n) is 1.30. The summed E-state index contributed by atoms with van der Waals surface area (Å²) in [6, 6.07) is 7.58. The first kappa shape index (κ1) is 20.5. The number of hydrogen-bond donors (Lipinski definition) is 3. The zero-order chi connectivity index (χ0) is 19.0. The van der Waals surface area contributed by atoms with Gasteiger partial charge in [-0.05, 0) is 12.1 Å². The van der Waals surface area contributed by atoms with Crippen molar-refractivity contribution in [2.45, 2.75) is 13.4 Å². The van der Waals surface area contributed by atoms with Crippen molar-refractivity contribution in [3.8, 4) is 0 Å². The summed E-state index contributed by atoms with van der Waals surface area (Å²) in [5, 5.41) is 9.92. The normalized spacial score (nSPS) is 15.0. The van der Waals surface area contributed by atoms with Gasteiger partial charge in [0.15, 0.2) is 0 Å². The number of guanidine groups is 1. The van der Waals surface area contributed by atoms with Gasteiger partial charge in [-0.1, -0.05) is 18.2 Å². The molecule has 2 atom stereocenters. The number of aliphatic hydroxyl groups is 1. The van der Waals surface area contributed by atoms with Gasteiger partial charge in [0.25, 0.3) is 0 Å². The Balaban J connectivity index is 2.56. The Labute approximate surface area is 141 Å². The second kappa shape index (κ2) is 9.11. The molecule has 4 N–H and O–H groups in total. The van der Waals surface area contributed by atoms with E-state index in [4.69, 9.17) is 5.73 Å². The van der Waals surface area contributed by atoms with E-state index in [1.807, 2.05) is 0 Å². The molecule has 13 heteroatoms. The van der Waals surface area contributed by atoms with Crippen molar-refractivity contribution in [2.75, 3.05) is 7.05 Å². The summed E-state index contributed by atoms with van der Waals surface area (Å²) in [5.74, 6) is -2.42. The fraction of sp³-hybridized carbons (Fsp3) is 0.250. The number of carbonyl (C=O) groups is 2. The largest absolute Gasteiger partial charge is 0.481 e. The summed E-state index contributed by atoms with van der Waals surface area (Å²) in [6.07, 6.45) is 0. The van der Waals surface area contributed by atoms with E-state index in [9.17, 15) is 24.2 Å². The molecule has 0 amide bonds. The smallest absolute Gasteiger partial charge is 0.405 e. The maximum Gasteiger partial charge on any atom is 0.481 e. The number of hydrogen-bond acceptors (Lipinski definition) is 8. The lowest BCUT2D eigenvalue weighted by Gasteiger charge is -2.16. The summed E-state index contributed by atoms with van der Waals surface area (Å²) < 4.78 is 23.0. The van der Waals surface area contributed by atoms with Crippen LogP contribution in [0.4, 0.5) is 0 Å². The topological polar surface area (TPSA) is 170 Å². The van der Waals surface area contributed by atoms with E-state index in [1.54, 1.807) is 18.2 Å². The molecule has 1 aromatic carbocycles. The van der Waals surface area contributed by atoms with Crippen molar-refractivity contribution >= 4 is 25.6 Å². The highest BCUT2D eigenvalue weighted by molar-refractivity contribution is 7.51. The molecule has 0 aromatic heterocycles. The predicted molar refractivity (Wildman–Crippen MR) is 81.0 cm³/mol. The van der Waals surface area contributed by atoms with E-state index in [1.165, 1.54) is 12.1 Å². The highest BCUT2D eigenvalue weighted by atomic mass is 31.2. The minimum absolute atomic E-state index is 0.0996. The number of esters is 1. The fourth-order valence-corrected chi connectivity index (χ4v) is 1.90. The number of carbonyl (C=O) groups excluding carboxylic acids is 2.